The largest absolute Gasteiger partial charge is 0.326 e. The molecule has 0 saturated carbocycles. The summed E-state index contributed by atoms with van der Waals surface area (Å²) in [7, 11) is 0. The van der Waals surface area contributed by atoms with E-state index in [-0.39, 0.29) is 0 Å². The molecule has 12 heteroatoms. The van der Waals surface area contributed by atoms with Gasteiger partial charge in [-0.2, -0.15) is 0 Å². The lowest BCUT2D eigenvalue weighted by Crippen LogP contribution is -2.25. The number of rotatable bonds is 7. The highest BCUT2D eigenvalue weighted by Crippen LogP contribution is 2.46. The number of nitrogens with one attached hydrogen (secondary N) is 1. The van der Waals surface area contributed by atoms with Crippen molar-refractivity contribution in [3.05, 3.63) is 102 Å². The van der Waals surface area contributed by atoms with Gasteiger partial charge in [-0.15, -0.1) is 0 Å². The lowest BCUT2D eigenvalue weighted by molar-refractivity contribution is -0.401. The molecule has 3 aromatic rings. The minimum atomic E-state index is -1.02. The molecule has 11 nitrogen and oxygen atoms in total. The van der Waals surface area contributed by atoms with Gasteiger partial charge in [-0.1, -0.05) is 48.0 Å². The molecule has 0 aliphatic rings. The van der Waals surface area contributed by atoms with Gasteiger partial charge >= 0.3 is 17.1 Å². The fraction of sp³-hybridized carbons (Fsp3) is 0. The molecule has 0 fully saturated rings. The van der Waals surface area contributed by atoms with Crippen molar-refractivity contribution in [3.63, 3.8) is 0 Å². The fourth-order valence-electron chi connectivity index (χ4n) is 2.72. The standard InChI is InChI=1S/C18H12ClN5O6/c19-16-14(22(25)26)11-15(23(27)28)17(18(16)24(29)30)20-21(12-7-3-1-4-8-12)13-9-5-2-6-10-13/h1-11,20H. The van der Waals surface area contributed by atoms with Crippen molar-refractivity contribution in [2.75, 3.05) is 10.4 Å². The molecule has 0 heterocycles. The van der Waals surface area contributed by atoms with Crippen LogP contribution in [0.4, 0.5) is 34.1 Å². The Kier molecular flexibility index (Phi) is 5.74. The van der Waals surface area contributed by atoms with Crippen LogP contribution in [-0.4, -0.2) is 14.8 Å². The van der Waals surface area contributed by atoms with Crippen LogP contribution in [0.5, 0.6) is 0 Å². The molecule has 152 valence electrons. The second kappa shape index (κ2) is 8.41. The first-order valence-electron chi connectivity index (χ1n) is 8.27. The molecule has 1 N–H and O–H groups in total. The monoisotopic (exact) mass is 429 g/mol. The molecule has 0 amide bonds. The first-order chi connectivity index (χ1) is 14.3. The topological polar surface area (TPSA) is 145 Å². The van der Waals surface area contributed by atoms with E-state index in [0.717, 1.165) is 0 Å². The maximum atomic E-state index is 11.7. The second-order valence-corrected chi connectivity index (χ2v) is 6.22. The summed E-state index contributed by atoms with van der Waals surface area (Å²) in [5, 5.41) is 35.0. The van der Waals surface area contributed by atoms with Crippen LogP contribution in [-0.2, 0) is 0 Å². The summed E-state index contributed by atoms with van der Waals surface area (Å²) < 4.78 is 0. The Morgan fingerprint density at radius 3 is 1.60 bits per heavy atom. The maximum Gasteiger partial charge on any atom is 0.326 e. The Labute approximate surface area is 173 Å². The lowest BCUT2D eigenvalue weighted by Gasteiger charge is -2.26. The highest BCUT2D eigenvalue weighted by molar-refractivity contribution is 6.35. The van der Waals surface area contributed by atoms with Crippen LogP contribution in [0.2, 0.25) is 5.02 Å². The quantitative estimate of drug-likeness (QED) is 0.397. The van der Waals surface area contributed by atoms with Crippen molar-refractivity contribution in [1.29, 1.82) is 0 Å². The number of para-hydroxylation sites is 2. The van der Waals surface area contributed by atoms with E-state index in [1.54, 1.807) is 60.7 Å². The number of halogens is 1. The Balaban J connectivity index is 2.27. The molecule has 3 aromatic carbocycles. The van der Waals surface area contributed by atoms with E-state index >= 15 is 0 Å². The van der Waals surface area contributed by atoms with Crippen molar-refractivity contribution in [1.82, 2.24) is 0 Å². The SMILES string of the molecule is O=[N+]([O-])c1cc([N+](=O)[O-])c(NN(c2ccccc2)c2ccccc2)c([N+](=O)[O-])c1Cl. The molecular weight excluding hydrogens is 418 g/mol. The molecule has 3 rings (SSSR count). The van der Waals surface area contributed by atoms with Crippen molar-refractivity contribution in [3.8, 4) is 0 Å². The molecule has 0 spiro atoms. The molecular formula is C18H12ClN5O6. The molecule has 0 bridgehead atoms. The van der Waals surface area contributed by atoms with Gasteiger partial charge in [-0.05, 0) is 24.3 Å². The first-order valence-corrected chi connectivity index (χ1v) is 8.65. The summed E-state index contributed by atoms with van der Waals surface area (Å²) >= 11 is 5.89. The number of hydrazine groups is 1. The minimum absolute atomic E-state index is 0.502. The number of nitro groups is 3. The Bertz CT molecular complexity index is 1090. The zero-order valence-corrected chi connectivity index (χ0v) is 15.7. The van der Waals surface area contributed by atoms with E-state index in [2.05, 4.69) is 5.43 Å². The summed E-state index contributed by atoms with van der Waals surface area (Å²) in [5.74, 6) is 0. The fourth-order valence-corrected chi connectivity index (χ4v) is 3.01. The molecule has 0 aliphatic heterocycles. The average molecular weight is 430 g/mol. The molecule has 0 saturated heterocycles. The number of nitrogens with zero attached hydrogens (tertiary/aromatic N) is 4. The number of hydrogen-bond donors (Lipinski definition) is 1. The van der Waals surface area contributed by atoms with E-state index < -0.39 is 42.5 Å². The molecule has 0 radical (unpaired) electrons. The number of hydrogen-bond acceptors (Lipinski definition) is 8. The van der Waals surface area contributed by atoms with Gasteiger partial charge in [0.05, 0.1) is 32.2 Å². The Hall–Kier alpha value is -4.25. The summed E-state index contributed by atoms with van der Waals surface area (Å²) in [5.41, 5.74) is 0.293. The molecule has 0 atom stereocenters. The van der Waals surface area contributed by atoms with Crippen molar-refractivity contribution >= 4 is 45.7 Å². The van der Waals surface area contributed by atoms with Crippen LogP contribution in [0.1, 0.15) is 0 Å². The van der Waals surface area contributed by atoms with Gasteiger partial charge in [-0.3, -0.25) is 40.8 Å². The van der Waals surface area contributed by atoms with Gasteiger partial charge in [0.1, 0.15) is 0 Å². The molecule has 0 unspecified atom stereocenters. The third-order valence-corrected chi connectivity index (χ3v) is 4.40. The smallest absolute Gasteiger partial charge is 0.282 e. The Morgan fingerprint density at radius 1 is 0.733 bits per heavy atom. The predicted molar refractivity (Wildman–Crippen MR) is 110 cm³/mol. The van der Waals surface area contributed by atoms with E-state index in [9.17, 15) is 30.3 Å². The van der Waals surface area contributed by atoms with Gasteiger partial charge in [0.2, 0.25) is 5.69 Å². The normalized spacial score (nSPS) is 10.3. The van der Waals surface area contributed by atoms with E-state index in [4.69, 9.17) is 11.6 Å². The second-order valence-electron chi connectivity index (χ2n) is 5.84. The summed E-state index contributed by atoms with van der Waals surface area (Å²) in [6.45, 7) is 0. The first kappa shape index (κ1) is 20.5. The predicted octanol–water partition coefficient (Wildman–Crippen LogP) is 5.23. The third-order valence-electron chi connectivity index (χ3n) is 4.03. The van der Waals surface area contributed by atoms with Crippen LogP contribution in [0.3, 0.4) is 0 Å². The van der Waals surface area contributed by atoms with Crippen LogP contribution in [0.15, 0.2) is 66.7 Å². The minimum Gasteiger partial charge on any atom is -0.282 e. The number of anilines is 3. The summed E-state index contributed by atoms with van der Waals surface area (Å²) in [4.78, 5) is 31.5. The van der Waals surface area contributed by atoms with Crippen LogP contribution >= 0.6 is 11.6 Å². The van der Waals surface area contributed by atoms with E-state index in [1.165, 1.54) is 5.01 Å². The summed E-state index contributed by atoms with van der Waals surface area (Å²) in [6.07, 6.45) is 0. The van der Waals surface area contributed by atoms with Crippen LogP contribution in [0.25, 0.3) is 0 Å². The third kappa shape index (κ3) is 3.95. The van der Waals surface area contributed by atoms with Gasteiger partial charge in [0.25, 0.3) is 0 Å². The van der Waals surface area contributed by atoms with E-state index in [1.807, 2.05) is 0 Å². The van der Waals surface area contributed by atoms with Gasteiger partial charge < -0.3 is 0 Å². The lowest BCUT2D eigenvalue weighted by atomic mass is 10.2. The van der Waals surface area contributed by atoms with Gasteiger partial charge in [0, 0.05) is 0 Å². The molecule has 0 aromatic heterocycles. The molecule has 0 aliphatic carbocycles. The zero-order chi connectivity index (χ0) is 21.8. The van der Waals surface area contributed by atoms with Gasteiger partial charge in [-0.25, -0.2) is 0 Å². The summed E-state index contributed by atoms with van der Waals surface area (Å²) in [6, 6.07) is 17.6. The van der Waals surface area contributed by atoms with Crippen molar-refractivity contribution < 1.29 is 14.8 Å². The van der Waals surface area contributed by atoms with Crippen molar-refractivity contribution in [2.45, 2.75) is 0 Å². The highest BCUT2D eigenvalue weighted by Gasteiger charge is 2.37. The number of benzene rings is 3. The Morgan fingerprint density at radius 2 is 1.20 bits per heavy atom. The molecule has 30 heavy (non-hydrogen) atoms. The van der Waals surface area contributed by atoms with Gasteiger partial charge in [0.15, 0.2) is 5.02 Å². The zero-order valence-electron chi connectivity index (χ0n) is 15.0. The maximum absolute atomic E-state index is 11.7. The van der Waals surface area contributed by atoms with Crippen LogP contribution in [0, 0.1) is 30.3 Å². The highest BCUT2D eigenvalue weighted by atomic mass is 35.5. The van der Waals surface area contributed by atoms with Crippen molar-refractivity contribution in [2.24, 2.45) is 0 Å². The number of nitro benzene ring substituents is 3. The van der Waals surface area contributed by atoms with E-state index in [0.29, 0.717) is 17.4 Å². The average Bonchev–Trinajstić information content (AvgIpc) is 2.72. The van der Waals surface area contributed by atoms with Crippen LogP contribution < -0.4 is 10.4 Å².